The van der Waals surface area contributed by atoms with Gasteiger partial charge in [-0.1, -0.05) is 11.6 Å². The summed E-state index contributed by atoms with van der Waals surface area (Å²) in [6.45, 7) is 2.04. The smallest absolute Gasteiger partial charge is 0.306 e. The summed E-state index contributed by atoms with van der Waals surface area (Å²) in [6, 6.07) is 5.05. The summed E-state index contributed by atoms with van der Waals surface area (Å²) in [5.41, 5.74) is 0.551. The first-order valence-electron chi connectivity index (χ1n) is 7.58. The third kappa shape index (κ3) is 5.85. The number of carbonyl (C=O) groups excluding carboxylic acids is 1. The second kappa shape index (κ2) is 9.71. The van der Waals surface area contributed by atoms with Gasteiger partial charge in [-0.05, 0) is 44.1 Å². The van der Waals surface area contributed by atoms with E-state index >= 15 is 0 Å². The molecule has 1 aromatic carbocycles. The zero-order valence-corrected chi connectivity index (χ0v) is 15.0. The van der Waals surface area contributed by atoms with E-state index < -0.39 is 5.97 Å². The second-order valence-corrected chi connectivity index (χ2v) is 6.03. The predicted molar refractivity (Wildman–Crippen MR) is 95.3 cm³/mol. The van der Waals surface area contributed by atoms with Crippen LogP contribution in [0.4, 0.5) is 5.69 Å². The summed E-state index contributed by atoms with van der Waals surface area (Å²) < 4.78 is 5.19. The number of nitrogens with zero attached hydrogens (tertiary/aromatic N) is 1. The van der Waals surface area contributed by atoms with Crippen LogP contribution in [-0.4, -0.2) is 48.6 Å². The van der Waals surface area contributed by atoms with Crippen LogP contribution in [0.25, 0.3) is 0 Å². The topological polar surface area (TPSA) is 78.9 Å². The van der Waals surface area contributed by atoms with Crippen LogP contribution in [0, 0.1) is 5.92 Å². The van der Waals surface area contributed by atoms with Crippen molar-refractivity contribution in [2.75, 3.05) is 32.1 Å². The van der Waals surface area contributed by atoms with Crippen molar-refractivity contribution in [2.24, 2.45) is 5.92 Å². The van der Waals surface area contributed by atoms with Crippen LogP contribution in [0.3, 0.4) is 0 Å². The predicted octanol–water partition coefficient (Wildman–Crippen LogP) is 2.90. The average molecular weight is 377 g/mol. The van der Waals surface area contributed by atoms with Gasteiger partial charge in [0.25, 0.3) is 0 Å². The number of piperidine rings is 1. The van der Waals surface area contributed by atoms with Crippen molar-refractivity contribution in [2.45, 2.75) is 19.3 Å². The number of hydrogen-bond donors (Lipinski definition) is 2. The molecule has 1 saturated heterocycles. The number of benzene rings is 1. The van der Waals surface area contributed by atoms with Crippen LogP contribution in [-0.2, 0) is 9.59 Å². The molecule has 0 atom stereocenters. The van der Waals surface area contributed by atoms with E-state index in [9.17, 15) is 9.59 Å². The highest BCUT2D eigenvalue weighted by atomic mass is 35.5. The number of ether oxygens (including phenoxy) is 1. The molecule has 1 aromatic rings. The molecule has 0 saturated carbocycles. The molecule has 6 nitrogen and oxygen atoms in total. The van der Waals surface area contributed by atoms with Gasteiger partial charge in [0, 0.05) is 18.0 Å². The number of carbonyl (C=O) groups is 2. The Bertz CT molecular complexity index is 575. The summed E-state index contributed by atoms with van der Waals surface area (Å²) in [5.74, 6) is -0.540. The maximum Gasteiger partial charge on any atom is 0.306 e. The molecule has 0 unspecified atom stereocenters. The van der Waals surface area contributed by atoms with Gasteiger partial charge in [0.2, 0.25) is 5.91 Å². The van der Waals surface area contributed by atoms with E-state index in [2.05, 4.69) is 10.2 Å². The first-order chi connectivity index (χ1) is 11.0. The number of halogens is 2. The Morgan fingerprint density at radius 2 is 2.04 bits per heavy atom. The minimum absolute atomic E-state index is 0. The monoisotopic (exact) mass is 376 g/mol. The summed E-state index contributed by atoms with van der Waals surface area (Å²) in [5, 5.41) is 12.3. The molecule has 1 amide bonds. The van der Waals surface area contributed by atoms with Crippen LogP contribution < -0.4 is 10.1 Å². The Morgan fingerprint density at radius 1 is 1.38 bits per heavy atom. The summed E-state index contributed by atoms with van der Waals surface area (Å²) in [6.07, 6.45) is 1.62. The number of nitrogens with one attached hydrogen (secondary N) is 1. The normalized spacial score (nSPS) is 15.4. The van der Waals surface area contributed by atoms with Crippen molar-refractivity contribution >= 4 is 41.6 Å². The fraction of sp³-hybridized carbons (Fsp3) is 0.500. The van der Waals surface area contributed by atoms with E-state index in [0.29, 0.717) is 55.4 Å². The average Bonchev–Trinajstić information content (AvgIpc) is 2.53. The third-order valence-electron chi connectivity index (χ3n) is 4.03. The number of amides is 1. The largest absolute Gasteiger partial charge is 0.495 e. The van der Waals surface area contributed by atoms with Crippen LogP contribution in [0.2, 0.25) is 5.02 Å². The number of carboxylic acids is 1. The lowest BCUT2D eigenvalue weighted by Crippen LogP contribution is -2.37. The molecule has 0 radical (unpaired) electrons. The van der Waals surface area contributed by atoms with Crippen molar-refractivity contribution < 1.29 is 19.4 Å². The molecule has 1 fully saturated rings. The Balaban J connectivity index is 0.00000288. The van der Waals surface area contributed by atoms with Gasteiger partial charge in [-0.3, -0.25) is 9.59 Å². The van der Waals surface area contributed by atoms with Gasteiger partial charge in [0.1, 0.15) is 5.75 Å². The molecule has 0 bridgehead atoms. The zero-order chi connectivity index (χ0) is 16.8. The van der Waals surface area contributed by atoms with E-state index in [1.165, 1.54) is 7.11 Å². The lowest BCUT2D eigenvalue weighted by Gasteiger charge is -2.29. The molecular weight excluding hydrogens is 355 g/mol. The summed E-state index contributed by atoms with van der Waals surface area (Å²) in [4.78, 5) is 25.1. The van der Waals surface area contributed by atoms with E-state index in [1.807, 2.05) is 0 Å². The fourth-order valence-electron chi connectivity index (χ4n) is 2.65. The maximum absolute atomic E-state index is 12.1. The molecule has 8 heteroatoms. The SMILES string of the molecule is COc1ccc(Cl)cc1NC(=O)CCN1CCC(C(=O)O)CC1.Cl. The lowest BCUT2D eigenvalue weighted by atomic mass is 9.97. The Hall–Kier alpha value is -1.50. The second-order valence-electron chi connectivity index (χ2n) is 5.60. The summed E-state index contributed by atoms with van der Waals surface area (Å²) in [7, 11) is 1.53. The van der Waals surface area contributed by atoms with E-state index in [4.69, 9.17) is 21.4 Å². The highest BCUT2D eigenvalue weighted by Gasteiger charge is 2.24. The first-order valence-corrected chi connectivity index (χ1v) is 7.96. The van der Waals surface area contributed by atoms with Gasteiger partial charge >= 0.3 is 5.97 Å². The highest BCUT2D eigenvalue weighted by Crippen LogP contribution is 2.27. The lowest BCUT2D eigenvalue weighted by molar-refractivity contribution is -0.143. The van der Waals surface area contributed by atoms with Crippen molar-refractivity contribution in [3.05, 3.63) is 23.2 Å². The van der Waals surface area contributed by atoms with E-state index in [0.717, 1.165) is 0 Å². The third-order valence-corrected chi connectivity index (χ3v) is 4.26. The number of methoxy groups -OCH3 is 1. The van der Waals surface area contributed by atoms with E-state index in [-0.39, 0.29) is 24.2 Å². The molecule has 2 rings (SSSR count). The molecule has 0 aromatic heterocycles. The van der Waals surface area contributed by atoms with Crippen LogP contribution in [0.15, 0.2) is 18.2 Å². The molecule has 2 N–H and O–H groups in total. The number of rotatable bonds is 6. The quantitative estimate of drug-likeness (QED) is 0.797. The van der Waals surface area contributed by atoms with Gasteiger partial charge in [-0.25, -0.2) is 0 Å². The van der Waals surface area contributed by atoms with Gasteiger partial charge in [-0.15, -0.1) is 12.4 Å². The molecule has 1 aliphatic rings. The van der Waals surface area contributed by atoms with Gasteiger partial charge in [0.05, 0.1) is 18.7 Å². The molecule has 1 aliphatic heterocycles. The van der Waals surface area contributed by atoms with Gasteiger partial charge in [-0.2, -0.15) is 0 Å². The molecule has 134 valence electrons. The Kier molecular flexibility index (Phi) is 8.31. The Labute approximate surface area is 152 Å². The fourth-order valence-corrected chi connectivity index (χ4v) is 2.83. The van der Waals surface area contributed by atoms with Crippen molar-refractivity contribution in [1.29, 1.82) is 0 Å². The standard InChI is InChI=1S/C16H21ClN2O4.ClH/c1-23-14-3-2-12(17)10-13(14)18-15(20)6-9-19-7-4-11(5-8-19)16(21)22;/h2-3,10-11H,4-9H2,1H3,(H,18,20)(H,21,22);1H. The van der Waals surface area contributed by atoms with Crippen LogP contribution >= 0.6 is 24.0 Å². The number of aliphatic carboxylic acids is 1. The number of carboxylic acid groups (broad SMARTS) is 1. The van der Waals surface area contributed by atoms with Gasteiger partial charge < -0.3 is 20.1 Å². The number of likely N-dealkylation sites (tertiary alicyclic amines) is 1. The van der Waals surface area contributed by atoms with Gasteiger partial charge in [0.15, 0.2) is 0 Å². The number of hydrogen-bond acceptors (Lipinski definition) is 4. The number of anilines is 1. The molecule has 0 aliphatic carbocycles. The molecule has 24 heavy (non-hydrogen) atoms. The molecule has 0 spiro atoms. The van der Waals surface area contributed by atoms with Crippen molar-refractivity contribution in [3.8, 4) is 5.75 Å². The minimum atomic E-state index is -0.726. The maximum atomic E-state index is 12.1. The molecular formula is C16H22Cl2N2O4. The minimum Gasteiger partial charge on any atom is -0.495 e. The van der Waals surface area contributed by atoms with Crippen molar-refractivity contribution in [1.82, 2.24) is 4.90 Å². The molecule has 1 heterocycles. The van der Waals surface area contributed by atoms with Crippen LogP contribution in [0.1, 0.15) is 19.3 Å². The van der Waals surface area contributed by atoms with Crippen molar-refractivity contribution in [3.63, 3.8) is 0 Å². The summed E-state index contributed by atoms with van der Waals surface area (Å²) >= 11 is 5.93. The van der Waals surface area contributed by atoms with Crippen LogP contribution in [0.5, 0.6) is 5.75 Å². The first kappa shape index (κ1) is 20.5. The Morgan fingerprint density at radius 3 is 2.62 bits per heavy atom. The highest BCUT2D eigenvalue weighted by molar-refractivity contribution is 6.31. The zero-order valence-electron chi connectivity index (χ0n) is 13.5. The van der Waals surface area contributed by atoms with E-state index in [1.54, 1.807) is 18.2 Å².